The molecule has 0 spiro atoms. The van der Waals surface area contributed by atoms with Crippen LogP contribution in [0.25, 0.3) is 0 Å². The fourth-order valence-corrected chi connectivity index (χ4v) is 2.37. The van der Waals surface area contributed by atoms with E-state index < -0.39 is 5.91 Å². The average Bonchev–Trinajstić information content (AvgIpc) is 2.33. The van der Waals surface area contributed by atoms with Crippen LogP contribution < -0.4 is 16.9 Å². The van der Waals surface area contributed by atoms with Crippen molar-refractivity contribution in [2.24, 2.45) is 5.73 Å². The lowest BCUT2D eigenvalue weighted by atomic mass is 10.1. The maximum absolute atomic E-state index is 11.4. The number of amides is 1. The Morgan fingerprint density at radius 3 is 2.56 bits per heavy atom. The molecular formula is C12H17ClN4O. The molecule has 0 saturated carbocycles. The first-order chi connectivity index (χ1) is 8.58. The van der Waals surface area contributed by atoms with E-state index in [0.717, 1.165) is 25.9 Å². The Bertz CT molecular complexity index is 458. The van der Waals surface area contributed by atoms with Gasteiger partial charge in [0, 0.05) is 18.8 Å². The van der Waals surface area contributed by atoms with Crippen molar-refractivity contribution >= 4 is 28.9 Å². The number of hydrazine groups is 1. The van der Waals surface area contributed by atoms with Crippen LogP contribution in [0.15, 0.2) is 12.1 Å². The van der Waals surface area contributed by atoms with Crippen molar-refractivity contribution in [3.8, 4) is 0 Å². The predicted octanol–water partition coefficient (Wildman–Crippen LogP) is 1.83. The number of halogens is 1. The van der Waals surface area contributed by atoms with Crippen LogP contribution in [-0.4, -0.2) is 24.0 Å². The lowest BCUT2D eigenvalue weighted by molar-refractivity contribution is 0.100. The minimum atomic E-state index is -0.538. The minimum Gasteiger partial charge on any atom is -0.399 e. The van der Waals surface area contributed by atoms with Crippen molar-refractivity contribution in [3.05, 3.63) is 22.7 Å². The van der Waals surface area contributed by atoms with Gasteiger partial charge in [-0.1, -0.05) is 18.0 Å². The molecule has 1 aliphatic rings. The van der Waals surface area contributed by atoms with Gasteiger partial charge in [-0.3, -0.25) is 4.79 Å². The fraction of sp³-hybridized carbons (Fsp3) is 0.417. The number of primary amides is 1. The SMILES string of the molecule is NC(=O)c1cc(N)cc(Cl)c1NN1CCCCC1. The average molecular weight is 269 g/mol. The number of carbonyl (C=O) groups is 1. The van der Waals surface area contributed by atoms with Crippen molar-refractivity contribution in [2.75, 3.05) is 24.2 Å². The first kappa shape index (κ1) is 13.0. The number of rotatable bonds is 3. The Kier molecular flexibility index (Phi) is 3.93. The van der Waals surface area contributed by atoms with Gasteiger partial charge in [0.25, 0.3) is 5.91 Å². The summed E-state index contributed by atoms with van der Waals surface area (Å²) in [5, 5.41) is 2.46. The molecule has 0 aliphatic carbocycles. The van der Waals surface area contributed by atoms with Crippen LogP contribution in [0.2, 0.25) is 5.02 Å². The lowest BCUT2D eigenvalue weighted by Crippen LogP contribution is -2.35. The molecule has 1 aliphatic heterocycles. The molecule has 0 aromatic heterocycles. The minimum absolute atomic E-state index is 0.325. The number of benzene rings is 1. The van der Waals surface area contributed by atoms with Gasteiger partial charge in [-0.05, 0) is 25.0 Å². The van der Waals surface area contributed by atoms with Crippen molar-refractivity contribution in [1.82, 2.24) is 5.01 Å². The summed E-state index contributed by atoms with van der Waals surface area (Å²) in [4.78, 5) is 11.4. The standard InChI is InChI=1S/C12H17ClN4O/c13-10-7-8(14)6-9(12(15)18)11(10)16-17-4-2-1-3-5-17/h6-7,16H,1-5,14H2,(H2,15,18). The summed E-state index contributed by atoms with van der Waals surface area (Å²) in [6, 6.07) is 3.15. The molecule has 1 saturated heterocycles. The van der Waals surface area contributed by atoms with E-state index in [1.165, 1.54) is 6.42 Å². The summed E-state index contributed by atoms with van der Waals surface area (Å²) in [7, 11) is 0. The number of nitrogens with zero attached hydrogens (tertiary/aromatic N) is 1. The number of hydrogen-bond acceptors (Lipinski definition) is 4. The van der Waals surface area contributed by atoms with Crippen molar-refractivity contribution in [1.29, 1.82) is 0 Å². The highest BCUT2D eigenvalue weighted by Crippen LogP contribution is 2.30. The van der Waals surface area contributed by atoms with E-state index in [2.05, 4.69) is 5.43 Å². The van der Waals surface area contributed by atoms with E-state index in [4.69, 9.17) is 23.1 Å². The van der Waals surface area contributed by atoms with Gasteiger partial charge in [0.05, 0.1) is 16.3 Å². The van der Waals surface area contributed by atoms with Gasteiger partial charge in [-0.2, -0.15) is 0 Å². The second-order valence-electron chi connectivity index (χ2n) is 4.45. The molecule has 6 heteroatoms. The van der Waals surface area contributed by atoms with Crippen LogP contribution in [0.5, 0.6) is 0 Å². The van der Waals surface area contributed by atoms with Gasteiger partial charge in [0.2, 0.25) is 0 Å². The first-order valence-corrected chi connectivity index (χ1v) is 6.36. The van der Waals surface area contributed by atoms with E-state index in [-0.39, 0.29) is 0 Å². The largest absolute Gasteiger partial charge is 0.399 e. The predicted molar refractivity (Wildman–Crippen MR) is 73.4 cm³/mol. The molecule has 5 nitrogen and oxygen atoms in total. The number of anilines is 2. The Morgan fingerprint density at radius 2 is 1.94 bits per heavy atom. The van der Waals surface area contributed by atoms with E-state index in [1.54, 1.807) is 12.1 Å². The first-order valence-electron chi connectivity index (χ1n) is 5.98. The Hall–Kier alpha value is -1.46. The second kappa shape index (κ2) is 5.46. The molecule has 98 valence electrons. The van der Waals surface area contributed by atoms with Crippen molar-refractivity contribution in [3.63, 3.8) is 0 Å². The summed E-state index contributed by atoms with van der Waals surface area (Å²) in [5.74, 6) is -0.538. The van der Waals surface area contributed by atoms with Crippen LogP contribution in [0, 0.1) is 0 Å². The van der Waals surface area contributed by atoms with Crippen molar-refractivity contribution < 1.29 is 4.79 Å². The van der Waals surface area contributed by atoms with E-state index >= 15 is 0 Å². The van der Waals surface area contributed by atoms with Gasteiger partial charge < -0.3 is 16.9 Å². The summed E-state index contributed by atoms with van der Waals surface area (Å²) < 4.78 is 0. The molecule has 0 bridgehead atoms. The van der Waals surface area contributed by atoms with E-state index in [9.17, 15) is 4.79 Å². The molecule has 1 aromatic rings. The number of piperidine rings is 1. The Labute approximate surface area is 111 Å². The summed E-state index contributed by atoms with van der Waals surface area (Å²) in [6.07, 6.45) is 3.49. The normalized spacial score (nSPS) is 16.5. The highest BCUT2D eigenvalue weighted by atomic mass is 35.5. The van der Waals surface area contributed by atoms with E-state index in [0.29, 0.717) is 22.0 Å². The molecule has 5 N–H and O–H groups in total. The molecule has 0 radical (unpaired) electrons. The maximum Gasteiger partial charge on any atom is 0.250 e. The number of nitrogens with one attached hydrogen (secondary N) is 1. The monoisotopic (exact) mass is 268 g/mol. The zero-order valence-electron chi connectivity index (χ0n) is 10.1. The summed E-state index contributed by atoms with van der Waals surface area (Å²) in [5.41, 5.74) is 15.5. The number of carbonyl (C=O) groups excluding carboxylic acids is 1. The van der Waals surface area contributed by atoms with Crippen LogP contribution in [-0.2, 0) is 0 Å². The van der Waals surface area contributed by atoms with Gasteiger partial charge in [-0.25, -0.2) is 5.01 Å². The van der Waals surface area contributed by atoms with Gasteiger partial charge in [0.15, 0.2) is 0 Å². The number of hydrogen-bond donors (Lipinski definition) is 3. The van der Waals surface area contributed by atoms with Gasteiger partial charge in [0.1, 0.15) is 0 Å². The Morgan fingerprint density at radius 1 is 1.28 bits per heavy atom. The zero-order valence-corrected chi connectivity index (χ0v) is 10.8. The van der Waals surface area contributed by atoms with Gasteiger partial charge in [-0.15, -0.1) is 0 Å². The van der Waals surface area contributed by atoms with Crippen LogP contribution in [0.4, 0.5) is 11.4 Å². The second-order valence-corrected chi connectivity index (χ2v) is 4.86. The van der Waals surface area contributed by atoms with Crippen LogP contribution in [0.1, 0.15) is 29.6 Å². The topological polar surface area (TPSA) is 84.4 Å². The molecule has 2 rings (SSSR count). The third-order valence-corrected chi connectivity index (χ3v) is 3.30. The fourth-order valence-electron chi connectivity index (χ4n) is 2.10. The van der Waals surface area contributed by atoms with Crippen molar-refractivity contribution in [2.45, 2.75) is 19.3 Å². The highest BCUT2D eigenvalue weighted by Gasteiger charge is 2.17. The van der Waals surface area contributed by atoms with Crippen LogP contribution >= 0.6 is 11.6 Å². The molecule has 1 amide bonds. The lowest BCUT2D eigenvalue weighted by Gasteiger charge is -2.29. The molecule has 18 heavy (non-hydrogen) atoms. The quantitative estimate of drug-likeness (QED) is 0.730. The molecular weight excluding hydrogens is 252 g/mol. The molecule has 1 heterocycles. The molecule has 1 fully saturated rings. The van der Waals surface area contributed by atoms with E-state index in [1.807, 2.05) is 5.01 Å². The number of nitrogen functional groups attached to an aromatic ring is 1. The Balaban J connectivity index is 2.27. The summed E-state index contributed by atoms with van der Waals surface area (Å²) in [6.45, 7) is 1.86. The highest BCUT2D eigenvalue weighted by molar-refractivity contribution is 6.34. The maximum atomic E-state index is 11.4. The number of nitrogens with two attached hydrogens (primary N) is 2. The molecule has 0 atom stereocenters. The molecule has 0 unspecified atom stereocenters. The third-order valence-electron chi connectivity index (χ3n) is 3.00. The molecule has 1 aromatic carbocycles. The van der Waals surface area contributed by atoms with Gasteiger partial charge >= 0.3 is 0 Å². The summed E-state index contributed by atoms with van der Waals surface area (Å²) >= 11 is 6.12. The van der Waals surface area contributed by atoms with Crippen LogP contribution in [0.3, 0.4) is 0 Å². The zero-order chi connectivity index (χ0) is 13.1. The third kappa shape index (κ3) is 2.86. The smallest absolute Gasteiger partial charge is 0.250 e.